The van der Waals surface area contributed by atoms with E-state index in [4.69, 9.17) is 0 Å². The van der Waals surface area contributed by atoms with Gasteiger partial charge in [0.25, 0.3) is 0 Å². The Morgan fingerprint density at radius 1 is 1.38 bits per heavy atom. The Labute approximate surface area is 50.1 Å². The summed E-state index contributed by atoms with van der Waals surface area (Å²) in [4.78, 5) is 0. The molecule has 0 rings (SSSR count). The van der Waals surface area contributed by atoms with Crippen molar-refractivity contribution in [3.05, 3.63) is 25.9 Å². The van der Waals surface area contributed by atoms with Gasteiger partial charge in [-0.05, 0) is 0 Å². The molecule has 0 aromatic heterocycles. The predicted molar refractivity (Wildman–Crippen MR) is 32.8 cm³/mol. The van der Waals surface area contributed by atoms with Gasteiger partial charge in [0.15, 0.2) is 0 Å². The fraction of sp³-hybridized carbons (Fsp3) is 0. The molecule has 0 aromatic carbocycles. The van der Waals surface area contributed by atoms with Gasteiger partial charge in [-0.2, -0.15) is 8.42 Å². The van der Waals surface area contributed by atoms with Crippen molar-refractivity contribution in [2.45, 2.75) is 0 Å². The summed E-state index contributed by atoms with van der Waals surface area (Å²) in [5, 5.41) is 0. The maximum Gasteiger partial charge on any atom is 0.315 e. The first kappa shape index (κ1) is 10.2. The van der Waals surface area contributed by atoms with E-state index in [1.165, 1.54) is 0 Å². The third kappa shape index (κ3) is 19.4. The van der Waals surface area contributed by atoms with Crippen LogP contribution in [0.5, 0.6) is 0 Å². The van der Waals surface area contributed by atoms with Gasteiger partial charge in [0, 0.05) is 6.20 Å². The molecule has 4 heteroatoms. The molecule has 0 aliphatic rings. The summed E-state index contributed by atoms with van der Waals surface area (Å²) in [5.74, 6) is 0. The minimum atomic E-state index is -2.31. The maximum atomic E-state index is 9.36. The van der Waals surface area contributed by atoms with Gasteiger partial charge in [0.2, 0.25) is 0 Å². The van der Waals surface area contributed by atoms with Gasteiger partial charge in [-0.15, -0.1) is 17.5 Å². The van der Waals surface area contributed by atoms with Gasteiger partial charge in [-0.25, -0.2) is 0 Å². The Morgan fingerprint density at radius 3 is 1.75 bits per heavy atom. The average Bonchev–Trinajstić information content (AvgIpc) is 1.72. The van der Waals surface area contributed by atoms with Gasteiger partial charge < -0.3 is 0 Å². The second-order valence-electron chi connectivity index (χ2n) is 0.505. The third-order valence-corrected chi connectivity index (χ3v) is 0.482. The second-order valence-corrected chi connectivity index (χ2v) is 1.15. The highest BCUT2D eigenvalue weighted by molar-refractivity contribution is 7.61. The van der Waals surface area contributed by atoms with Gasteiger partial charge in [0.05, 0.1) is 0 Å². The largest absolute Gasteiger partial charge is 0.315 e. The zero-order chi connectivity index (χ0) is 6.99. The monoisotopic (exact) mass is 133 g/mol. The van der Waals surface area contributed by atoms with Crippen molar-refractivity contribution in [2.75, 3.05) is 0 Å². The molecule has 0 aromatic rings. The molecule has 0 bridgehead atoms. The molecule has 0 N–H and O–H groups in total. The summed E-state index contributed by atoms with van der Waals surface area (Å²) in [5.41, 5.74) is 0. The van der Waals surface area contributed by atoms with Crippen LogP contribution in [0.2, 0.25) is 0 Å². The molecular weight excluding hydrogens is 126 g/mol. The first-order chi connectivity index (χ1) is 3.77. The van der Waals surface area contributed by atoms with Crippen LogP contribution >= 0.6 is 0 Å². The van der Waals surface area contributed by atoms with E-state index in [0.29, 0.717) is 0 Å². The fourth-order valence-corrected chi connectivity index (χ4v) is 0.183. The smallest absolute Gasteiger partial charge is 0.163 e. The van der Waals surface area contributed by atoms with Crippen molar-refractivity contribution in [1.82, 2.24) is 0 Å². The maximum absolute atomic E-state index is 9.36. The Kier molecular flexibility index (Phi) is 12.0. The van der Waals surface area contributed by atoms with Crippen LogP contribution in [0.15, 0.2) is 30.3 Å². The van der Waals surface area contributed by atoms with E-state index in [1.54, 1.807) is 0 Å². The minimum Gasteiger partial charge on any atom is -0.163 e. The van der Waals surface area contributed by atoms with Crippen LogP contribution in [-0.2, 0) is 10.5 Å². The number of nitrogens with zero attached hydrogens (tertiary/aromatic N) is 1. The fourth-order valence-electron chi connectivity index (χ4n) is 0.0609. The molecule has 0 radical (unpaired) electrons. The molecule has 3 nitrogen and oxygen atoms in total. The van der Waals surface area contributed by atoms with E-state index in [9.17, 15) is 8.42 Å². The van der Waals surface area contributed by atoms with E-state index in [-0.39, 0.29) is 0 Å². The Hall–Kier alpha value is -0.900. The summed E-state index contributed by atoms with van der Waals surface area (Å²) in [7, 11) is -2.31. The average molecular weight is 133 g/mol. The Balaban J connectivity index is 0. The second kappa shape index (κ2) is 9.44. The highest BCUT2D eigenvalue weighted by Gasteiger charge is 1.53. The molecule has 0 fully saturated rings. The van der Waals surface area contributed by atoms with Gasteiger partial charge in [-0.3, -0.25) is 0 Å². The van der Waals surface area contributed by atoms with Crippen LogP contribution in [0.25, 0.3) is 0 Å². The molecule has 0 atom stereocenters. The van der Waals surface area contributed by atoms with E-state index < -0.39 is 10.5 Å². The lowest BCUT2D eigenvalue weighted by molar-refractivity contribution is 0.622. The summed E-state index contributed by atoms with van der Waals surface area (Å²) >= 11 is 0. The molecule has 0 amide bonds. The topological polar surface area (TPSA) is 46.5 Å². The summed E-state index contributed by atoms with van der Waals surface area (Å²) < 4.78 is 21.5. The quantitative estimate of drug-likeness (QED) is 0.501. The normalized spacial score (nSPS) is 5.50. The SMILES string of the molecule is C=C.C=CN=S(=O)=O. The van der Waals surface area contributed by atoms with Crippen LogP contribution < -0.4 is 0 Å². The predicted octanol–water partition coefficient (Wildman–Crippen LogP) is 0.995. The summed E-state index contributed by atoms with van der Waals surface area (Å²) in [6.45, 7) is 9.04. The van der Waals surface area contributed by atoms with E-state index in [0.717, 1.165) is 6.20 Å². The number of hydrogen-bond donors (Lipinski definition) is 0. The lowest BCUT2D eigenvalue weighted by atomic mass is 11.1. The van der Waals surface area contributed by atoms with Crippen LogP contribution in [0, 0.1) is 0 Å². The first-order valence-electron chi connectivity index (χ1n) is 1.68. The Morgan fingerprint density at radius 2 is 1.75 bits per heavy atom. The molecule has 0 saturated carbocycles. The Bertz CT molecular complexity index is 160. The van der Waals surface area contributed by atoms with Crippen molar-refractivity contribution >= 4 is 10.5 Å². The molecular formula is C4H7NO2S. The van der Waals surface area contributed by atoms with Crippen molar-refractivity contribution in [3.8, 4) is 0 Å². The van der Waals surface area contributed by atoms with Gasteiger partial charge in [0.1, 0.15) is 0 Å². The van der Waals surface area contributed by atoms with Crippen LogP contribution in [-0.4, -0.2) is 8.42 Å². The van der Waals surface area contributed by atoms with Crippen molar-refractivity contribution < 1.29 is 8.42 Å². The highest BCUT2D eigenvalue weighted by atomic mass is 32.2. The van der Waals surface area contributed by atoms with Gasteiger partial charge in [-0.1, -0.05) is 6.58 Å². The highest BCUT2D eigenvalue weighted by Crippen LogP contribution is 1.58. The lowest BCUT2D eigenvalue weighted by Crippen LogP contribution is -1.46. The van der Waals surface area contributed by atoms with E-state index in [1.807, 2.05) is 0 Å². The van der Waals surface area contributed by atoms with Crippen LogP contribution in [0.1, 0.15) is 0 Å². The molecule has 0 unspecified atom stereocenters. The van der Waals surface area contributed by atoms with Crippen LogP contribution in [0.4, 0.5) is 0 Å². The number of hydrogen-bond acceptors (Lipinski definition) is 3. The molecule has 8 heavy (non-hydrogen) atoms. The molecule has 46 valence electrons. The summed E-state index contributed by atoms with van der Waals surface area (Å²) in [6.07, 6.45) is 0.961. The molecule has 0 saturated heterocycles. The molecule has 0 aliphatic heterocycles. The molecule has 0 aliphatic carbocycles. The van der Waals surface area contributed by atoms with Crippen molar-refractivity contribution in [2.24, 2.45) is 4.36 Å². The summed E-state index contributed by atoms with van der Waals surface area (Å²) in [6, 6.07) is 0. The lowest BCUT2D eigenvalue weighted by Gasteiger charge is -1.48. The number of rotatable bonds is 1. The van der Waals surface area contributed by atoms with Gasteiger partial charge >= 0.3 is 10.5 Å². The van der Waals surface area contributed by atoms with E-state index in [2.05, 4.69) is 24.1 Å². The zero-order valence-corrected chi connectivity index (χ0v) is 5.19. The standard InChI is InChI=1S/C2H3NO2S.C2H4/c1-2-3-6(4)5;1-2/h2H,1H2;1-2H2. The van der Waals surface area contributed by atoms with Crippen molar-refractivity contribution in [1.29, 1.82) is 0 Å². The third-order valence-electron chi connectivity index (χ3n) is 0.161. The van der Waals surface area contributed by atoms with Crippen molar-refractivity contribution in [3.63, 3.8) is 0 Å². The molecule has 0 spiro atoms. The molecule has 0 heterocycles. The minimum absolute atomic E-state index is 0.961. The van der Waals surface area contributed by atoms with Crippen LogP contribution in [0.3, 0.4) is 0 Å². The zero-order valence-electron chi connectivity index (χ0n) is 4.37. The van der Waals surface area contributed by atoms with E-state index >= 15 is 0 Å². The first-order valence-corrected chi connectivity index (χ1v) is 2.71.